The van der Waals surface area contributed by atoms with Gasteiger partial charge >= 0.3 is 0 Å². The van der Waals surface area contributed by atoms with Crippen molar-refractivity contribution in [3.8, 4) is 6.07 Å². The summed E-state index contributed by atoms with van der Waals surface area (Å²) in [6.07, 6.45) is 1.69. The molecule has 0 aliphatic rings. The van der Waals surface area contributed by atoms with E-state index in [0.717, 1.165) is 23.4 Å². The Balaban J connectivity index is 2.11. The second kappa shape index (κ2) is 4.66. The predicted molar refractivity (Wildman–Crippen MR) is 73.7 cm³/mol. The zero-order valence-corrected chi connectivity index (χ0v) is 11.0. The van der Waals surface area contributed by atoms with Crippen LogP contribution in [0.1, 0.15) is 18.3 Å². The van der Waals surface area contributed by atoms with E-state index in [9.17, 15) is 0 Å². The Morgan fingerprint density at radius 3 is 3.00 bits per heavy atom. The van der Waals surface area contributed by atoms with Gasteiger partial charge in [-0.05, 0) is 25.1 Å². The Kier molecular flexibility index (Phi) is 2.84. The maximum absolute atomic E-state index is 9.00. The Hall–Kier alpha value is -2.88. The summed E-state index contributed by atoms with van der Waals surface area (Å²) in [6, 6.07) is 7.43. The summed E-state index contributed by atoms with van der Waals surface area (Å²) in [5.41, 5.74) is 8.14. The van der Waals surface area contributed by atoms with Gasteiger partial charge in [0.05, 0.1) is 29.2 Å². The Labute approximate surface area is 115 Å². The number of nitrogens with zero attached hydrogens (tertiary/aromatic N) is 6. The third-order valence-electron chi connectivity index (χ3n) is 3.24. The number of benzene rings is 1. The third kappa shape index (κ3) is 1.87. The molecule has 2 aromatic heterocycles. The Morgan fingerprint density at radius 2 is 2.25 bits per heavy atom. The van der Waals surface area contributed by atoms with Gasteiger partial charge in [-0.1, -0.05) is 0 Å². The molecule has 0 radical (unpaired) electrons. The van der Waals surface area contributed by atoms with Crippen LogP contribution in [0.3, 0.4) is 0 Å². The van der Waals surface area contributed by atoms with Crippen molar-refractivity contribution in [3.05, 3.63) is 35.9 Å². The minimum absolute atomic E-state index is 0.403. The molecule has 7 nitrogen and oxygen atoms in total. The minimum atomic E-state index is 0.403. The van der Waals surface area contributed by atoms with E-state index in [1.807, 2.05) is 16.1 Å². The first-order valence-electron chi connectivity index (χ1n) is 6.25. The third-order valence-corrected chi connectivity index (χ3v) is 3.24. The number of hydrogen-bond donors (Lipinski definition) is 1. The highest BCUT2D eigenvalue weighted by Crippen LogP contribution is 2.20. The molecule has 0 saturated heterocycles. The molecule has 2 heterocycles. The average molecular weight is 267 g/mol. The van der Waals surface area contributed by atoms with Crippen molar-refractivity contribution in [1.29, 1.82) is 5.26 Å². The number of aryl methyl sites for hydroxylation is 1. The number of aromatic nitrogens is 5. The monoisotopic (exact) mass is 267 g/mol. The van der Waals surface area contributed by atoms with Gasteiger partial charge in [0, 0.05) is 6.54 Å². The lowest BCUT2D eigenvalue weighted by atomic mass is 10.2. The number of nitrogen functional groups attached to an aromatic ring is 1. The van der Waals surface area contributed by atoms with Gasteiger partial charge in [0.2, 0.25) is 5.95 Å². The fourth-order valence-corrected chi connectivity index (χ4v) is 2.18. The SMILES string of the molecule is CCn1cnnc1Cn1c(N)nc2ccc(C#N)cc21. The van der Waals surface area contributed by atoms with Gasteiger partial charge in [-0.3, -0.25) is 0 Å². The molecule has 7 heteroatoms. The van der Waals surface area contributed by atoms with Crippen LogP contribution in [0.2, 0.25) is 0 Å². The van der Waals surface area contributed by atoms with Crippen LogP contribution in [0.5, 0.6) is 0 Å². The van der Waals surface area contributed by atoms with Crippen LogP contribution >= 0.6 is 0 Å². The number of anilines is 1. The number of nitriles is 1. The van der Waals surface area contributed by atoms with Gasteiger partial charge in [-0.25, -0.2) is 4.98 Å². The van der Waals surface area contributed by atoms with Crippen molar-refractivity contribution in [2.75, 3.05) is 5.73 Å². The summed E-state index contributed by atoms with van der Waals surface area (Å²) in [4.78, 5) is 4.30. The van der Waals surface area contributed by atoms with E-state index in [2.05, 4.69) is 21.3 Å². The highest BCUT2D eigenvalue weighted by Gasteiger charge is 2.12. The summed E-state index contributed by atoms with van der Waals surface area (Å²) in [6.45, 7) is 3.29. The first-order valence-corrected chi connectivity index (χ1v) is 6.25. The average Bonchev–Trinajstić information content (AvgIpc) is 3.03. The fourth-order valence-electron chi connectivity index (χ4n) is 2.18. The van der Waals surface area contributed by atoms with Crippen LogP contribution in [-0.4, -0.2) is 24.3 Å². The fraction of sp³-hybridized carbons (Fsp3) is 0.231. The molecule has 0 fully saturated rings. The molecule has 3 aromatic rings. The van der Waals surface area contributed by atoms with Crippen molar-refractivity contribution in [1.82, 2.24) is 24.3 Å². The summed E-state index contributed by atoms with van der Waals surface area (Å²) >= 11 is 0. The van der Waals surface area contributed by atoms with Gasteiger partial charge in [0.25, 0.3) is 0 Å². The molecule has 0 bridgehead atoms. The van der Waals surface area contributed by atoms with Crippen molar-refractivity contribution in [2.45, 2.75) is 20.0 Å². The van der Waals surface area contributed by atoms with Gasteiger partial charge in [0.15, 0.2) is 5.82 Å². The lowest BCUT2D eigenvalue weighted by Gasteiger charge is -2.07. The van der Waals surface area contributed by atoms with E-state index >= 15 is 0 Å². The van der Waals surface area contributed by atoms with Crippen molar-refractivity contribution in [3.63, 3.8) is 0 Å². The first kappa shape index (κ1) is 12.2. The molecular formula is C13H13N7. The largest absolute Gasteiger partial charge is 0.369 e. The lowest BCUT2D eigenvalue weighted by molar-refractivity contribution is 0.663. The van der Waals surface area contributed by atoms with Crippen LogP contribution in [0, 0.1) is 11.3 Å². The van der Waals surface area contributed by atoms with Crippen LogP contribution in [0.25, 0.3) is 11.0 Å². The van der Waals surface area contributed by atoms with E-state index in [1.54, 1.807) is 24.5 Å². The first-order chi connectivity index (χ1) is 9.72. The molecule has 0 saturated carbocycles. The maximum atomic E-state index is 9.00. The normalized spacial score (nSPS) is 10.8. The smallest absolute Gasteiger partial charge is 0.201 e. The van der Waals surface area contributed by atoms with Gasteiger partial charge < -0.3 is 14.9 Å². The van der Waals surface area contributed by atoms with Crippen molar-refractivity contribution < 1.29 is 0 Å². The summed E-state index contributed by atoms with van der Waals surface area (Å²) in [5, 5.41) is 17.0. The molecule has 0 unspecified atom stereocenters. The minimum Gasteiger partial charge on any atom is -0.369 e. The number of rotatable bonds is 3. The Morgan fingerprint density at radius 1 is 1.40 bits per heavy atom. The van der Waals surface area contributed by atoms with E-state index in [0.29, 0.717) is 18.1 Å². The molecule has 2 N–H and O–H groups in total. The predicted octanol–water partition coefficient (Wildman–Crippen LogP) is 1.15. The van der Waals surface area contributed by atoms with Crippen molar-refractivity contribution in [2.24, 2.45) is 0 Å². The summed E-state index contributed by atoms with van der Waals surface area (Å²) in [5.74, 6) is 1.21. The van der Waals surface area contributed by atoms with E-state index in [-0.39, 0.29) is 0 Å². The molecular weight excluding hydrogens is 254 g/mol. The number of hydrogen-bond acceptors (Lipinski definition) is 5. The van der Waals surface area contributed by atoms with E-state index in [4.69, 9.17) is 11.0 Å². The molecule has 0 spiro atoms. The van der Waals surface area contributed by atoms with Crippen molar-refractivity contribution >= 4 is 17.0 Å². The topological polar surface area (TPSA) is 98.3 Å². The molecule has 3 rings (SSSR count). The standard InChI is InChI=1S/C13H13N7/c1-2-19-8-16-18-12(19)7-20-11-5-9(6-14)3-4-10(11)17-13(20)15/h3-5,8H,2,7H2,1H3,(H2,15,17). The van der Waals surface area contributed by atoms with E-state index in [1.165, 1.54) is 0 Å². The zero-order chi connectivity index (χ0) is 14.1. The highest BCUT2D eigenvalue weighted by atomic mass is 15.3. The van der Waals surface area contributed by atoms with Gasteiger partial charge in [-0.15, -0.1) is 10.2 Å². The zero-order valence-electron chi connectivity index (χ0n) is 11.0. The molecule has 0 aliphatic heterocycles. The van der Waals surface area contributed by atoms with Gasteiger partial charge in [0.1, 0.15) is 6.33 Å². The number of imidazole rings is 1. The second-order valence-corrected chi connectivity index (χ2v) is 4.40. The molecule has 0 amide bonds. The maximum Gasteiger partial charge on any atom is 0.201 e. The molecule has 100 valence electrons. The molecule has 1 aromatic carbocycles. The highest BCUT2D eigenvalue weighted by molar-refractivity contribution is 5.79. The molecule has 0 aliphatic carbocycles. The van der Waals surface area contributed by atoms with Crippen LogP contribution in [-0.2, 0) is 13.1 Å². The Bertz CT molecular complexity index is 806. The van der Waals surface area contributed by atoms with Gasteiger partial charge in [-0.2, -0.15) is 5.26 Å². The number of nitrogens with two attached hydrogens (primary N) is 1. The second-order valence-electron chi connectivity index (χ2n) is 4.40. The van der Waals surface area contributed by atoms with E-state index < -0.39 is 0 Å². The quantitative estimate of drug-likeness (QED) is 0.767. The summed E-state index contributed by atoms with van der Waals surface area (Å²) in [7, 11) is 0. The lowest BCUT2D eigenvalue weighted by Crippen LogP contribution is -2.10. The molecule has 0 atom stereocenters. The number of fused-ring (bicyclic) bond motifs is 1. The summed E-state index contributed by atoms with van der Waals surface area (Å²) < 4.78 is 3.78. The van der Waals surface area contributed by atoms with Crippen LogP contribution in [0.4, 0.5) is 5.95 Å². The molecule has 20 heavy (non-hydrogen) atoms. The van der Waals surface area contributed by atoms with Crippen LogP contribution in [0.15, 0.2) is 24.5 Å². The van der Waals surface area contributed by atoms with Crippen LogP contribution < -0.4 is 5.73 Å².